The third kappa shape index (κ3) is 5.58. The Bertz CT molecular complexity index is 1090. The maximum Gasteiger partial charge on any atom is 0.449 e. The molecule has 0 unspecified atom stereocenters. The van der Waals surface area contributed by atoms with Crippen molar-refractivity contribution in [3.63, 3.8) is 0 Å². The van der Waals surface area contributed by atoms with Crippen molar-refractivity contribution >= 4 is 22.7 Å². The van der Waals surface area contributed by atoms with E-state index in [2.05, 4.69) is 15.6 Å². The van der Waals surface area contributed by atoms with Crippen LogP contribution in [0.3, 0.4) is 0 Å². The van der Waals surface area contributed by atoms with Gasteiger partial charge >= 0.3 is 6.18 Å². The van der Waals surface area contributed by atoms with Crippen molar-refractivity contribution in [2.24, 2.45) is 5.92 Å². The number of nitrogens with one attached hydrogen (secondary N) is 2. The average Bonchev–Trinajstić information content (AvgIpc) is 3.15. The van der Waals surface area contributed by atoms with Gasteiger partial charge in [-0.3, -0.25) is 0 Å². The minimum atomic E-state index is -4.47. The van der Waals surface area contributed by atoms with E-state index < -0.39 is 11.9 Å². The largest absolute Gasteiger partial charge is 0.456 e. The lowest BCUT2D eigenvalue weighted by molar-refractivity contribution is -0.154. The third-order valence-corrected chi connectivity index (χ3v) is 6.12. The second-order valence-corrected chi connectivity index (χ2v) is 8.98. The van der Waals surface area contributed by atoms with Crippen LogP contribution in [0.5, 0.6) is 0 Å². The fraction of sp³-hybridized carbons (Fsp3) is 0.500. The van der Waals surface area contributed by atoms with Crippen LogP contribution in [0.15, 0.2) is 34.7 Å². The fourth-order valence-corrected chi connectivity index (χ4v) is 4.51. The van der Waals surface area contributed by atoms with Crippen molar-refractivity contribution in [3.8, 4) is 0 Å². The number of alkyl halides is 3. The molecule has 1 aromatic carbocycles. The van der Waals surface area contributed by atoms with Gasteiger partial charge in [0.1, 0.15) is 11.6 Å². The summed E-state index contributed by atoms with van der Waals surface area (Å²) in [5.74, 6) is 1.33. The van der Waals surface area contributed by atoms with E-state index in [0.717, 1.165) is 42.4 Å². The molecule has 0 radical (unpaired) electrons. The Hall–Kier alpha value is -2.81. The number of furan rings is 1. The lowest BCUT2D eigenvalue weighted by Gasteiger charge is -2.29. The van der Waals surface area contributed by atoms with Gasteiger partial charge in [0, 0.05) is 37.6 Å². The molecule has 178 valence electrons. The summed E-state index contributed by atoms with van der Waals surface area (Å²) in [7, 11) is 3.94. The topological polar surface area (TPSA) is 66.2 Å². The first kappa shape index (κ1) is 23.4. The van der Waals surface area contributed by atoms with Crippen LogP contribution in [0.25, 0.3) is 10.9 Å². The third-order valence-electron chi connectivity index (χ3n) is 6.12. The summed E-state index contributed by atoms with van der Waals surface area (Å²) in [6.07, 6.45) is -0.534. The van der Waals surface area contributed by atoms with Crippen LogP contribution in [0.2, 0.25) is 0 Å². The molecule has 1 saturated carbocycles. The fourth-order valence-electron chi connectivity index (χ4n) is 4.51. The quantitative estimate of drug-likeness (QED) is 0.493. The molecule has 2 heterocycles. The van der Waals surface area contributed by atoms with E-state index in [9.17, 15) is 13.2 Å². The molecule has 9 heteroatoms. The van der Waals surface area contributed by atoms with Crippen LogP contribution in [-0.2, 0) is 12.7 Å². The van der Waals surface area contributed by atoms with Crippen LogP contribution < -0.4 is 15.5 Å². The number of anilines is 2. The smallest absolute Gasteiger partial charge is 0.449 e. The molecule has 0 atom stereocenters. The van der Waals surface area contributed by atoms with Gasteiger partial charge in [-0.05, 0) is 63.3 Å². The van der Waals surface area contributed by atoms with E-state index in [0.29, 0.717) is 18.4 Å². The van der Waals surface area contributed by atoms with Crippen molar-refractivity contribution in [1.82, 2.24) is 15.3 Å². The maximum absolute atomic E-state index is 13.1. The van der Waals surface area contributed by atoms with Gasteiger partial charge < -0.3 is 20.0 Å². The van der Waals surface area contributed by atoms with Crippen molar-refractivity contribution in [3.05, 3.63) is 47.4 Å². The summed E-state index contributed by atoms with van der Waals surface area (Å²) in [4.78, 5) is 11.4. The van der Waals surface area contributed by atoms with Crippen LogP contribution in [0, 0.1) is 12.8 Å². The molecular weight excluding hydrogens is 431 g/mol. The van der Waals surface area contributed by atoms with Gasteiger partial charge in [0.25, 0.3) is 0 Å². The Labute approximate surface area is 191 Å². The molecule has 2 aromatic heterocycles. The molecule has 1 aliphatic carbocycles. The maximum atomic E-state index is 13.1. The monoisotopic (exact) mass is 461 g/mol. The molecule has 0 aliphatic heterocycles. The van der Waals surface area contributed by atoms with E-state index in [4.69, 9.17) is 9.40 Å². The van der Waals surface area contributed by atoms with Gasteiger partial charge in [0.2, 0.25) is 11.7 Å². The molecule has 3 aromatic rings. The highest BCUT2D eigenvalue weighted by atomic mass is 19.4. The van der Waals surface area contributed by atoms with E-state index in [1.165, 1.54) is 13.0 Å². The number of benzene rings is 1. The summed E-state index contributed by atoms with van der Waals surface area (Å²) in [6.45, 7) is 2.38. The Morgan fingerprint density at radius 3 is 2.52 bits per heavy atom. The molecule has 6 nitrogen and oxygen atoms in total. The number of hydrogen-bond acceptors (Lipinski definition) is 6. The van der Waals surface area contributed by atoms with Gasteiger partial charge in [-0.15, -0.1) is 0 Å². The number of hydrogen-bond donors (Lipinski definition) is 2. The highest BCUT2D eigenvalue weighted by Crippen LogP contribution is 2.34. The second kappa shape index (κ2) is 9.59. The Morgan fingerprint density at radius 2 is 1.82 bits per heavy atom. The highest BCUT2D eigenvalue weighted by molar-refractivity contribution is 5.90. The van der Waals surface area contributed by atoms with Gasteiger partial charge in [-0.1, -0.05) is 12.1 Å². The summed E-state index contributed by atoms with van der Waals surface area (Å²) in [6, 6.07) is 9.71. The standard InChI is InChI=1S/C24H30F3N5O/c1-15-12-17(21(33-15)24(25,26)27)14-28-13-16-8-10-18(11-9-16)29-23-30-20-7-5-4-6-19(20)22(31-23)32(2)3/h4-7,12,16,18,28H,8-11,13-14H2,1-3H3,(H,29,30,31)/t16-,18+. The van der Waals surface area contributed by atoms with Crippen molar-refractivity contribution in [1.29, 1.82) is 0 Å². The van der Waals surface area contributed by atoms with Gasteiger partial charge in [0.05, 0.1) is 5.52 Å². The molecule has 4 rings (SSSR count). The average molecular weight is 462 g/mol. The zero-order valence-electron chi connectivity index (χ0n) is 19.2. The number of nitrogens with zero attached hydrogens (tertiary/aromatic N) is 3. The van der Waals surface area contributed by atoms with Gasteiger partial charge in [-0.25, -0.2) is 4.98 Å². The zero-order chi connectivity index (χ0) is 23.6. The molecule has 1 aliphatic rings. The van der Waals surface area contributed by atoms with E-state index in [-0.39, 0.29) is 23.9 Å². The number of aryl methyl sites for hydroxylation is 1. The summed E-state index contributed by atoms with van der Waals surface area (Å²) in [5.41, 5.74) is 1.07. The molecule has 2 N–H and O–H groups in total. The Balaban J connectivity index is 1.30. The highest BCUT2D eigenvalue weighted by Gasteiger charge is 2.37. The normalized spacial score (nSPS) is 19.1. The van der Waals surface area contributed by atoms with Crippen LogP contribution in [-0.4, -0.2) is 36.6 Å². The summed E-state index contributed by atoms with van der Waals surface area (Å²) < 4.78 is 44.1. The number of halogens is 3. The molecular formula is C24H30F3N5O. The van der Waals surface area contributed by atoms with Crippen LogP contribution in [0.4, 0.5) is 24.9 Å². The van der Waals surface area contributed by atoms with Gasteiger partial charge in [-0.2, -0.15) is 18.2 Å². The van der Waals surface area contributed by atoms with E-state index >= 15 is 0 Å². The SMILES string of the molecule is Cc1cc(CNC[C@H]2CC[C@@H](Nc3nc(N(C)C)c4ccccc4n3)CC2)c(C(F)(F)F)o1. The van der Waals surface area contributed by atoms with Crippen molar-refractivity contribution in [2.75, 3.05) is 30.9 Å². The van der Waals surface area contributed by atoms with Crippen LogP contribution in [0.1, 0.15) is 42.8 Å². The summed E-state index contributed by atoms with van der Waals surface area (Å²) in [5, 5.41) is 7.70. The predicted octanol–water partition coefficient (Wildman–Crippen LogP) is 5.38. The first-order valence-corrected chi connectivity index (χ1v) is 11.3. The number of rotatable bonds is 7. The van der Waals surface area contributed by atoms with E-state index in [1.54, 1.807) is 0 Å². The minimum absolute atomic E-state index is 0.155. The second-order valence-electron chi connectivity index (χ2n) is 8.98. The molecule has 0 spiro atoms. The van der Waals surface area contributed by atoms with Crippen LogP contribution >= 0.6 is 0 Å². The summed E-state index contributed by atoms with van der Waals surface area (Å²) >= 11 is 0. The minimum Gasteiger partial charge on any atom is -0.456 e. The lowest BCUT2D eigenvalue weighted by atomic mass is 9.86. The molecule has 1 fully saturated rings. The van der Waals surface area contributed by atoms with Crippen molar-refractivity contribution in [2.45, 2.75) is 51.4 Å². The Morgan fingerprint density at radius 1 is 1.09 bits per heavy atom. The molecule has 33 heavy (non-hydrogen) atoms. The first-order chi connectivity index (χ1) is 15.7. The molecule has 0 saturated heterocycles. The first-order valence-electron chi connectivity index (χ1n) is 11.3. The number of fused-ring (bicyclic) bond motifs is 1. The molecule has 0 amide bonds. The molecule has 0 bridgehead atoms. The number of para-hydroxylation sites is 1. The van der Waals surface area contributed by atoms with Crippen molar-refractivity contribution < 1.29 is 17.6 Å². The Kier molecular flexibility index (Phi) is 6.78. The lowest BCUT2D eigenvalue weighted by Crippen LogP contribution is -2.32. The number of aromatic nitrogens is 2. The zero-order valence-corrected chi connectivity index (χ0v) is 19.2. The van der Waals surface area contributed by atoms with E-state index in [1.807, 2.05) is 43.3 Å². The predicted molar refractivity (Wildman–Crippen MR) is 123 cm³/mol. The van der Waals surface area contributed by atoms with Gasteiger partial charge in [0.15, 0.2) is 0 Å².